The third-order valence-corrected chi connectivity index (χ3v) is 3.23. The van der Waals surface area contributed by atoms with E-state index in [4.69, 9.17) is 16.3 Å². The van der Waals surface area contributed by atoms with Gasteiger partial charge in [-0.05, 0) is 50.0 Å². The van der Waals surface area contributed by atoms with Crippen LogP contribution in [0.1, 0.15) is 25.8 Å². The highest BCUT2D eigenvalue weighted by atomic mass is 79.9. The first-order valence-electron chi connectivity index (χ1n) is 6.30. The summed E-state index contributed by atoms with van der Waals surface area (Å²) in [6, 6.07) is 3.87. The van der Waals surface area contributed by atoms with Gasteiger partial charge in [-0.2, -0.15) is 0 Å². The third-order valence-electron chi connectivity index (χ3n) is 2.49. The summed E-state index contributed by atoms with van der Waals surface area (Å²) >= 11 is 9.56. The molecule has 0 saturated heterocycles. The van der Waals surface area contributed by atoms with Crippen LogP contribution in [-0.4, -0.2) is 19.7 Å². The van der Waals surface area contributed by atoms with Crippen LogP contribution in [-0.2, 0) is 0 Å². The minimum Gasteiger partial charge on any atom is -0.492 e. The first-order valence-corrected chi connectivity index (χ1v) is 7.47. The highest BCUT2D eigenvalue weighted by molar-refractivity contribution is 9.10. The molecule has 102 valence electrons. The lowest BCUT2D eigenvalue weighted by atomic mass is 10.2. The molecule has 0 aliphatic rings. The third kappa shape index (κ3) is 5.59. The summed E-state index contributed by atoms with van der Waals surface area (Å²) in [5.41, 5.74) is 1.06. The van der Waals surface area contributed by atoms with E-state index in [0.29, 0.717) is 17.5 Å². The summed E-state index contributed by atoms with van der Waals surface area (Å²) in [5.74, 6) is 1.48. The predicted octanol–water partition coefficient (Wildman–Crippen LogP) is 4.43. The summed E-state index contributed by atoms with van der Waals surface area (Å²) in [6.45, 7) is 9.13. The van der Waals surface area contributed by atoms with E-state index in [9.17, 15) is 0 Å². The van der Waals surface area contributed by atoms with Crippen LogP contribution in [0.3, 0.4) is 0 Å². The van der Waals surface area contributed by atoms with Crippen LogP contribution in [0.2, 0.25) is 5.02 Å². The number of aryl methyl sites for hydroxylation is 1. The summed E-state index contributed by atoms with van der Waals surface area (Å²) in [4.78, 5) is 0. The Morgan fingerprint density at radius 2 is 2.11 bits per heavy atom. The largest absolute Gasteiger partial charge is 0.492 e. The van der Waals surface area contributed by atoms with Crippen molar-refractivity contribution in [3.63, 3.8) is 0 Å². The molecule has 0 bridgehead atoms. The highest BCUT2D eigenvalue weighted by Gasteiger charge is 2.06. The molecule has 1 aromatic carbocycles. The minimum absolute atomic E-state index is 0.664. The maximum atomic E-state index is 6.15. The van der Waals surface area contributed by atoms with Gasteiger partial charge < -0.3 is 10.1 Å². The van der Waals surface area contributed by atoms with Crippen LogP contribution in [0.25, 0.3) is 0 Å². The number of rotatable bonds is 7. The van der Waals surface area contributed by atoms with E-state index in [1.165, 1.54) is 0 Å². The van der Waals surface area contributed by atoms with Gasteiger partial charge in [0.25, 0.3) is 0 Å². The van der Waals surface area contributed by atoms with Crippen molar-refractivity contribution >= 4 is 27.5 Å². The van der Waals surface area contributed by atoms with Gasteiger partial charge in [0.05, 0.1) is 11.6 Å². The SMILES string of the molecule is Cc1cc(Br)cc(Cl)c1OCCCNCC(C)C. The Hall–Kier alpha value is -0.250. The van der Waals surface area contributed by atoms with E-state index in [1.54, 1.807) is 0 Å². The summed E-state index contributed by atoms with van der Waals surface area (Å²) in [7, 11) is 0. The average molecular weight is 335 g/mol. The monoisotopic (exact) mass is 333 g/mol. The number of halogens is 2. The molecule has 0 aliphatic heterocycles. The number of hydrogen-bond donors (Lipinski definition) is 1. The minimum atomic E-state index is 0.664. The van der Waals surface area contributed by atoms with E-state index < -0.39 is 0 Å². The lowest BCUT2D eigenvalue weighted by Crippen LogP contribution is -2.22. The van der Waals surface area contributed by atoms with Gasteiger partial charge >= 0.3 is 0 Å². The Labute approximate surface area is 123 Å². The Bertz CT molecular complexity index is 359. The first kappa shape index (κ1) is 15.8. The standard InChI is InChI=1S/C14H21BrClNO/c1-10(2)9-17-5-4-6-18-14-11(3)7-12(15)8-13(14)16/h7-8,10,17H,4-6,9H2,1-3H3. The van der Waals surface area contributed by atoms with E-state index >= 15 is 0 Å². The Morgan fingerprint density at radius 1 is 1.39 bits per heavy atom. The molecule has 0 aromatic heterocycles. The smallest absolute Gasteiger partial charge is 0.140 e. The Balaban J connectivity index is 2.31. The van der Waals surface area contributed by atoms with Crippen molar-refractivity contribution in [1.29, 1.82) is 0 Å². The fraction of sp³-hybridized carbons (Fsp3) is 0.571. The van der Waals surface area contributed by atoms with E-state index in [2.05, 4.69) is 35.1 Å². The lowest BCUT2D eigenvalue weighted by molar-refractivity contribution is 0.305. The predicted molar refractivity (Wildman–Crippen MR) is 81.7 cm³/mol. The van der Waals surface area contributed by atoms with Gasteiger partial charge in [-0.3, -0.25) is 0 Å². The Morgan fingerprint density at radius 3 is 2.72 bits per heavy atom. The summed E-state index contributed by atoms with van der Waals surface area (Å²) < 4.78 is 6.72. The molecule has 0 radical (unpaired) electrons. The lowest BCUT2D eigenvalue weighted by Gasteiger charge is -2.12. The highest BCUT2D eigenvalue weighted by Crippen LogP contribution is 2.31. The molecule has 18 heavy (non-hydrogen) atoms. The zero-order chi connectivity index (χ0) is 13.5. The molecule has 0 spiro atoms. The summed E-state index contributed by atoms with van der Waals surface area (Å²) in [6.07, 6.45) is 0.985. The number of nitrogens with one attached hydrogen (secondary N) is 1. The number of ether oxygens (including phenoxy) is 1. The zero-order valence-electron chi connectivity index (χ0n) is 11.2. The number of benzene rings is 1. The molecule has 0 saturated carbocycles. The van der Waals surface area contributed by atoms with Crippen LogP contribution in [0, 0.1) is 12.8 Å². The second kappa shape index (κ2) is 8.03. The van der Waals surface area contributed by atoms with Crippen LogP contribution >= 0.6 is 27.5 Å². The molecule has 1 N–H and O–H groups in total. The second-order valence-electron chi connectivity index (χ2n) is 4.83. The van der Waals surface area contributed by atoms with Crippen molar-refractivity contribution in [2.45, 2.75) is 27.2 Å². The van der Waals surface area contributed by atoms with E-state index in [-0.39, 0.29) is 0 Å². The normalized spacial score (nSPS) is 11.0. The van der Waals surface area contributed by atoms with Crippen molar-refractivity contribution in [2.24, 2.45) is 5.92 Å². The van der Waals surface area contributed by atoms with Crippen LogP contribution in [0.5, 0.6) is 5.75 Å². The zero-order valence-corrected chi connectivity index (χ0v) is 13.6. The molecule has 1 aromatic rings. The van der Waals surface area contributed by atoms with Crippen molar-refractivity contribution in [3.8, 4) is 5.75 Å². The second-order valence-corrected chi connectivity index (χ2v) is 6.16. The van der Waals surface area contributed by atoms with Crippen molar-refractivity contribution in [3.05, 3.63) is 27.2 Å². The van der Waals surface area contributed by atoms with Gasteiger partial charge in [-0.15, -0.1) is 0 Å². The first-order chi connectivity index (χ1) is 8.50. The van der Waals surface area contributed by atoms with Crippen molar-refractivity contribution in [2.75, 3.05) is 19.7 Å². The van der Waals surface area contributed by atoms with Gasteiger partial charge in [0.2, 0.25) is 0 Å². The van der Waals surface area contributed by atoms with Crippen molar-refractivity contribution < 1.29 is 4.74 Å². The maximum absolute atomic E-state index is 6.15. The van der Waals surface area contributed by atoms with Gasteiger partial charge in [0, 0.05) is 4.47 Å². The molecule has 0 atom stereocenters. The molecule has 0 unspecified atom stereocenters. The fourth-order valence-corrected chi connectivity index (χ4v) is 2.66. The van der Waals surface area contributed by atoms with E-state index in [0.717, 1.165) is 35.3 Å². The van der Waals surface area contributed by atoms with Gasteiger partial charge in [0.1, 0.15) is 5.75 Å². The topological polar surface area (TPSA) is 21.3 Å². The average Bonchev–Trinajstić information content (AvgIpc) is 2.25. The van der Waals surface area contributed by atoms with Crippen molar-refractivity contribution in [1.82, 2.24) is 5.32 Å². The van der Waals surface area contributed by atoms with Crippen LogP contribution in [0.15, 0.2) is 16.6 Å². The molecular weight excluding hydrogens is 314 g/mol. The molecule has 0 aliphatic carbocycles. The molecule has 1 rings (SSSR count). The maximum Gasteiger partial charge on any atom is 0.140 e. The van der Waals surface area contributed by atoms with Gasteiger partial charge in [-0.25, -0.2) is 0 Å². The van der Waals surface area contributed by atoms with E-state index in [1.807, 2.05) is 19.1 Å². The van der Waals surface area contributed by atoms with Crippen LogP contribution < -0.4 is 10.1 Å². The summed E-state index contributed by atoms with van der Waals surface area (Å²) in [5, 5.41) is 4.05. The van der Waals surface area contributed by atoms with Crippen LogP contribution in [0.4, 0.5) is 0 Å². The molecule has 0 heterocycles. The molecule has 0 fully saturated rings. The molecule has 2 nitrogen and oxygen atoms in total. The quantitative estimate of drug-likeness (QED) is 0.745. The fourth-order valence-electron chi connectivity index (χ4n) is 1.63. The van der Waals surface area contributed by atoms with Gasteiger partial charge in [-0.1, -0.05) is 41.4 Å². The molecule has 4 heteroatoms. The van der Waals surface area contributed by atoms with Gasteiger partial charge in [0.15, 0.2) is 0 Å². The molecule has 0 amide bonds. The molecular formula is C14H21BrClNO. The number of hydrogen-bond acceptors (Lipinski definition) is 2. The Kier molecular flexibility index (Phi) is 7.05.